The van der Waals surface area contributed by atoms with Crippen molar-refractivity contribution in [2.24, 2.45) is 0 Å². The lowest BCUT2D eigenvalue weighted by Gasteiger charge is -2.14. The number of halogens is 1. The summed E-state index contributed by atoms with van der Waals surface area (Å²) in [4.78, 5) is 0. The molecule has 1 heterocycles. The van der Waals surface area contributed by atoms with Crippen molar-refractivity contribution in [3.05, 3.63) is 28.4 Å². The summed E-state index contributed by atoms with van der Waals surface area (Å²) in [6, 6.07) is 4.23. The van der Waals surface area contributed by atoms with Crippen LogP contribution in [-0.4, -0.2) is 16.9 Å². The molecule has 0 fully saturated rings. The third-order valence-corrected chi connectivity index (χ3v) is 3.36. The van der Waals surface area contributed by atoms with Crippen LogP contribution >= 0.6 is 15.9 Å². The van der Waals surface area contributed by atoms with Gasteiger partial charge in [0.1, 0.15) is 6.23 Å². The molecular formula is C12H15BrN2O. The molecule has 0 bridgehead atoms. The minimum absolute atomic E-state index is 0.00574. The highest BCUT2D eigenvalue weighted by Gasteiger charge is 2.13. The van der Waals surface area contributed by atoms with Crippen molar-refractivity contribution in [1.29, 1.82) is 0 Å². The summed E-state index contributed by atoms with van der Waals surface area (Å²) >= 11 is 3.56. The van der Waals surface area contributed by atoms with E-state index in [1.54, 1.807) is 7.11 Å². The maximum Gasteiger partial charge on any atom is 0.150 e. The van der Waals surface area contributed by atoms with Crippen LogP contribution in [0.2, 0.25) is 0 Å². The van der Waals surface area contributed by atoms with E-state index in [1.165, 1.54) is 5.56 Å². The zero-order chi connectivity index (χ0) is 11.7. The summed E-state index contributed by atoms with van der Waals surface area (Å²) in [5.74, 6) is 0. The first-order valence-electron chi connectivity index (χ1n) is 5.33. The molecule has 0 saturated heterocycles. The molecule has 1 unspecified atom stereocenters. The van der Waals surface area contributed by atoms with Crippen LogP contribution in [0.25, 0.3) is 10.9 Å². The van der Waals surface area contributed by atoms with Crippen LogP contribution in [0, 0.1) is 6.92 Å². The van der Waals surface area contributed by atoms with E-state index in [1.807, 2.05) is 10.9 Å². The Morgan fingerprint density at radius 2 is 2.25 bits per heavy atom. The van der Waals surface area contributed by atoms with Crippen LogP contribution in [-0.2, 0) is 4.74 Å². The van der Waals surface area contributed by atoms with Crippen LogP contribution in [0.15, 0.2) is 22.8 Å². The summed E-state index contributed by atoms with van der Waals surface area (Å²) in [6.07, 6.45) is 2.78. The molecule has 2 rings (SSSR count). The number of hydrogen-bond acceptors (Lipinski definition) is 2. The van der Waals surface area contributed by atoms with Gasteiger partial charge in [-0.2, -0.15) is 5.10 Å². The molecule has 2 aromatic rings. The van der Waals surface area contributed by atoms with Gasteiger partial charge in [-0.25, -0.2) is 4.68 Å². The first-order chi connectivity index (χ1) is 7.67. The van der Waals surface area contributed by atoms with E-state index in [9.17, 15) is 0 Å². The molecule has 0 aliphatic carbocycles. The zero-order valence-electron chi connectivity index (χ0n) is 9.70. The molecule has 86 valence electrons. The number of rotatable bonds is 3. The van der Waals surface area contributed by atoms with Crippen molar-refractivity contribution in [1.82, 2.24) is 9.78 Å². The number of benzene rings is 1. The fourth-order valence-corrected chi connectivity index (χ4v) is 2.57. The van der Waals surface area contributed by atoms with Gasteiger partial charge >= 0.3 is 0 Å². The van der Waals surface area contributed by atoms with Crippen molar-refractivity contribution in [3.63, 3.8) is 0 Å². The van der Waals surface area contributed by atoms with E-state index < -0.39 is 0 Å². The molecular weight excluding hydrogens is 268 g/mol. The lowest BCUT2D eigenvalue weighted by molar-refractivity contribution is 0.0346. The van der Waals surface area contributed by atoms with Crippen molar-refractivity contribution >= 4 is 26.8 Å². The molecule has 16 heavy (non-hydrogen) atoms. The Labute approximate surface area is 104 Å². The second kappa shape index (κ2) is 4.55. The minimum atomic E-state index is 0.00574. The van der Waals surface area contributed by atoms with Gasteiger partial charge in [-0.3, -0.25) is 0 Å². The van der Waals surface area contributed by atoms with Gasteiger partial charge in [0.25, 0.3) is 0 Å². The molecule has 0 aliphatic heterocycles. The Morgan fingerprint density at radius 1 is 1.50 bits per heavy atom. The first kappa shape index (κ1) is 11.6. The Balaban J connectivity index is 2.63. The monoisotopic (exact) mass is 282 g/mol. The first-order valence-corrected chi connectivity index (χ1v) is 6.12. The molecule has 1 aromatic carbocycles. The lowest BCUT2D eigenvalue weighted by atomic mass is 10.2. The number of nitrogens with zero attached hydrogens (tertiary/aromatic N) is 2. The molecule has 0 saturated carbocycles. The van der Waals surface area contributed by atoms with E-state index in [-0.39, 0.29) is 6.23 Å². The summed E-state index contributed by atoms with van der Waals surface area (Å²) in [5, 5.41) is 5.53. The van der Waals surface area contributed by atoms with E-state index in [2.05, 4.69) is 47.0 Å². The SMILES string of the molecule is CCC(OC)n1ncc2c(Br)cc(C)cc21. The van der Waals surface area contributed by atoms with E-state index in [4.69, 9.17) is 4.74 Å². The van der Waals surface area contributed by atoms with Gasteiger partial charge in [-0.05, 0) is 31.0 Å². The van der Waals surface area contributed by atoms with Crippen molar-refractivity contribution in [2.45, 2.75) is 26.5 Å². The van der Waals surface area contributed by atoms with Crippen LogP contribution in [0.3, 0.4) is 0 Å². The smallest absolute Gasteiger partial charge is 0.150 e. The maximum atomic E-state index is 5.42. The lowest BCUT2D eigenvalue weighted by Crippen LogP contribution is -2.11. The average Bonchev–Trinajstić information content (AvgIpc) is 2.64. The number of fused-ring (bicyclic) bond motifs is 1. The van der Waals surface area contributed by atoms with Crippen LogP contribution in [0.4, 0.5) is 0 Å². The maximum absolute atomic E-state index is 5.42. The number of methoxy groups -OCH3 is 1. The molecule has 0 N–H and O–H groups in total. The Morgan fingerprint density at radius 3 is 2.88 bits per heavy atom. The standard InChI is InChI=1S/C12H15BrN2O/c1-4-12(16-3)15-11-6-8(2)5-10(13)9(11)7-14-15/h5-7,12H,4H2,1-3H3. The predicted octanol–water partition coefficient (Wildman–Crippen LogP) is 3.66. The van der Waals surface area contributed by atoms with Crippen LogP contribution in [0.5, 0.6) is 0 Å². The topological polar surface area (TPSA) is 27.1 Å². The number of aromatic nitrogens is 2. The van der Waals surface area contributed by atoms with Crippen molar-refractivity contribution < 1.29 is 4.74 Å². The summed E-state index contributed by atoms with van der Waals surface area (Å²) in [5.41, 5.74) is 2.33. The van der Waals surface area contributed by atoms with Gasteiger partial charge in [0.15, 0.2) is 0 Å². The summed E-state index contributed by atoms with van der Waals surface area (Å²) in [6.45, 7) is 4.17. The number of aryl methyl sites for hydroxylation is 1. The van der Waals surface area contributed by atoms with Crippen LogP contribution in [0.1, 0.15) is 25.1 Å². The van der Waals surface area contributed by atoms with Gasteiger partial charge in [-0.1, -0.05) is 22.9 Å². The average molecular weight is 283 g/mol. The predicted molar refractivity (Wildman–Crippen MR) is 68.5 cm³/mol. The van der Waals surface area contributed by atoms with Crippen LogP contribution < -0.4 is 0 Å². The summed E-state index contributed by atoms with van der Waals surface area (Å²) < 4.78 is 8.44. The Bertz CT molecular complexity index is 503. The Hall–Kier alpha value is -0.870. The molecule has 0 spiro atoms. The minimum Gasteiger partial charge on any atom is -0.360 e. The highest BCUT2D eigenvalue weighted by molar-refractivity contribution is 9.10. The molecule has 1 aromatic heterocycles. The molecule has 4 heteroatoms. The second-order valence-electron chi connectivity index (χ2n) is 3.87. The largest absolute Gasteiger partial charge is 0.360 e. The third kappa shape index (κ3) is 1.87. The fraction of sp³-hybridized carbons (Fsp3) is 0.417. The fourth-order valence-electron chi connectivity index (χ4n) is 1.90. The highest BCUT2D eigenvalue weighted by Crippen LogP contribution is 2.28. The van der Waals surface area contributed by atoms with Gasteiger partial charge in [0, 0.05) is 17.0 Å². The molecule has 1 atom stereocenters. The number of ether oxygens (including phenoxy) is 1. The normalized spacial score (nSPS) is 13.2. The van der Waals surface area contributed by atoms with Crippen molar-refractivity contribution in [2.75, 3.05) is 7.11 Å². The van der Waals surface area contributed by atoms with Crippen molar-refractivity contribution in [3.8, 4) is 0 Å². The Kier molecular flexibility index (Phi) is 3.30. The molecule has 3 nitrogen and oxygen atoms in total. The van der Waals surface area contributed by atoms with E-state index in [0.717, 1.165) is 21.8 Å². The van der Waals surface area contributed by atoms with Gasteiger partial charge in [0.2, 0.25) is 0 Å². The second-order valence-corrected chi connectivity index (χ2v) is 4.72. The van der Waals surface area contributed by atoms with Gasteiger partial charge in [0.05, 0.1) is 11.7 Å². The number of hydrogen-bond donors (Lipinski definition) is 0. The molecule has 0 radical (unpaired) electrons. The highest BCUT2D eigenvalue weighted by atomic mass is 79.9. The van der Waals surface area contributed by atoms with E-state index >= 15 is 0 Å². The van der Waals surface area contributed by atoms with Gasteiger partial charge < -0.3 is 4.74 Å². The zero-order valence-corrected chi connectivity index (χ0v) is 11.3. The van der Waals surface area contributed by atoms with E-state index in [0.29, 0.717) is 0 Å². The quantitative estimate of drug-likeness (QED) is 0.859. The summed E-state index contributed by atoms with van der Waals surface area (Å²) in [7, 11) is 1.71. The third-order valence-electron chi connectivity index (χ3n) is 2.70. The molecule has 0 amide bonds. The molecule has 0 aliphatic rings. The van der Waals surface area contributed by atoms with Gasteiger partial charge in [-0.15, -0.1) is 0 Å².